The second kappa shape index (κ2) is 5.13. The molecule has 84 valence electrons. The van der Waals surface area contributed by atoms with Gasteiger partial charge in [-0.3, -0.25) is 0 Å². The number of nitrogens with one attached hydrogen (secondary N) is 1. The Balaban J connectivity index is 2.30. The third-order valence-corrected chi connectivity index (χ3v) is 3.15. The van der Waals surface area contributed by atoms with Crippen LogP contribution >= 0.6 is 0 Å². The van der Waals surface area contributed by atoms with Crippen LogP contribution in [0.1, 0.15) is 46.5 Å². The van der Waals surface area contributed by atoms with Gasteiger partial charge in [0.2, 0.25) is 0 Å². The van der Waals surface area contributed by atoms with Crippen molar-refractivity contribution in [3.63, 3.8) is 0 Å². The van der Waals surface area contributed by atoms with Gasteiger partial charge in [0.15, 0.2) is 0 Å². The molecule has 1 aliphatic rings. The number of hydrogen-bond acceptors (Lipinski definition) is 2. The van der Waals surface area contributed by atoms with Gasteiger partial charge in [-0.2, -0.15) is 0 Å². The molecular formula is C12H25NO. The van der Waals surface area contributed by atoms with Gasteiger partial charge in [-0.1, -0.05) is 20.8 Å². The fourth-order valence-electron chi connectivity index (χ4n) is 2.89. The summed E-state index contributed by atoms with van der Waals surface area (Å²) in [5, 5.41) is 12.3. The Kier molecular flexibility index (Phi) is 4.39. The highest BCUT2D eigenvalue weighted by Gasteiger charge is 2.31. The summed E-state index contributed by atoms with van der Waals surface area (Å²) < 4.78 is 0. The Labute approximate surface area is 88.1 Å². The van der Waals surface area contributed by atoms with Gasteiger partial charge < -0.3 is 10.4 Å². The highest BCUT2D eigenvalue weighted by atomic mass is 16.3. The lowest BCUT2D eigenvalue weighted by Gasteiger charge is -2.39. The van der Waals surface area contributed by atoms with Crippen LogP contribution in [0.15, 0.2) is 0 Å². The SMILES string of the molecule is CC1CC(NCCCO)CC(C)(C)C1. The van der Waals surface area contributed by atoms with Crippen molar-refractivity contribution in [3.05, 3.63) is 0 Å². The molecule has 0 amide bonds. The van der Waals surface area contributed by atoms with Crippen LogP contribution in [0.25, 0.3) is 0 Å². The van der Waals surface area contributed by atoms with E-state index < -0.39 is 0 Å². The molecule has 2 heteroatoms. The molecule has 2 unspecified atom stereocenters. The molecule has 0 aromatic carbocycles. The molecule has 14 heavy (non-hydrogen) atoms. The van der Waals surface area contributed by atoms with E-state index in [4.69, 9.17) is 5.11 Å². The number of aliphatic hydroxyl groups is 1. The lowest BCUT2D eigenvalue weighted by atomic mass is 9.70. The largest absolute Gasteiger partial charge is 0.396 e. The van der Waals surface area contributed by atoms with E-state index in [1.165, 1.54) is 19.3 Å². The standard InChI is InChI=1S/C12H25NO/c1-10-7-11(13-5-4-6-14)9-12(2,3)8-10/h10-11,13-14H,4-9H2,1-3H3. The zero-order valence-corrected chi connectivity index (χ0v) is 9.84. The number of hydrogen-bond donors (Lipinski definition) is 2. The highest BCUT2D eigenvalue weighted by Crippen LogP contribution is 2.38. The second-order valence-corrected chi connectivity index (χ2v) is 5.64. The van der Waals surface area contributed by atoms with E-state index in [0.717, 1.165) is 18.9 Å². The maximum absolute atomic E-state index is 8.71. The van der Waals surface area contributed by atoms with Gasteiger partial charge in [-0.25, -0.2) is 0 Å². The Morgan fingerprint density at radius 1 is 1.36 bits per heavy atom. The third kappa shape index (κ3) is 3.97. The summed E-state index contributed by atoms with van der Waals surface area (Å²) in [5.74, 6) is 0.838. The molecule has 0 radical (unpaired) electrons. The molecule has 0 aromatic heterocycles. The summed E-state index contributed by atoms with van der Waals surface area (Å²) in [7, 11) is 0. The number of aliphatic hydroxyl groups excluding tert-OH is 1. The normalized spacial score (nSPS) is 31.7. The molecular weight excluding hydrogens is 174 g/mol. The smallest absolute Gasteiger partial charge is 0.0443 e. The Bertz CT molecular complexity index is 168. The zero-order chi connectivity index (χ0) is 10.6. The lowest BCUT2D eigenvalue weighted by Crippen LogP contribution is -2.40. The van der Waals surface area contributed by atoms with Crippen molar-refractivity contribution in [1.82, 2.24) is 5.32 Å². The van der Waals surface area contributed by atoms with E-state index in [0.29, 0.717) is 18.1 Å². The summed E-state index contributed by atoms with van der Waals surface area (Å²) >= 11 is 0. The van der Waals surface area contributed by atoms with Gasteiger partial charge in [-0.05, 0) is 43.6 Å². The first-order valence-electron chi connectivity index (χ1n) is 5.88. The van der Waals surface area contributed by atoms with Crippen LogP contribution in [0.5, 0.6) is 0 Å². The van der Waals surface area contributed by atoms with E-state index >= 15 is 0 Å². The van der Waals surface area contributed by atoms with Crippen molar-refractivity contribution in [2.75, 3.05) is 13.2 Å². The van der Waals surface area contributed by atoms with Crippen LogP contribution in [0, 0.1) is 11.3 Å². The van der Waals surface area contributed by atoms with E-state index in [2.05, 4.69) is 26.1 Å². The summed E-state index contributed by atoms with van der Waals surface area (Å²) in [5.41, 5.74) is 0.495. The molecule has 0 bridgehead atoms. The molecule has 2 atom stereocenters. The summed E-state index contributed by atoms with van der Waals surface area (Å²) in [4.78, 5) is 0. The van der Waals surface area contributed by atoms with Gasteiger partial charge in [0.1, 0.15) is 0 Å². The van der Waals surface area contributed by atoms with E-state index in [1.807, 2.05) is 0 Å². The topological polar surface area (TPSA) is 32.3 Å². The van der Waals surface area contributed by atoms with Crippen molar-refractivity contribution in [3.8, 4) is 0 Å². The highest BCUT2D eigenvalue weighted by molar-refractivity contribution is 4.86. The van der Waals surface area contributed by atoms with Gasteiger partial charge in [-0.15, -0.1) is 0 Å². The van der Waals surface area contributed by atoms with Crippen LogP contribution in [0.4, 0.5) is 0 Å². The minimum atomic E-state index is 0.304. The third-order valence-electron chi connectivity index (χ3n) is 3.15. The van der Waals surface area contributed by atoms with Crippen LogP contribution in [-0.4, -0.2) is 24.3 Å². The van der Waals surface area contributed by atoms with Crippen molar-refractivity contribution in [2.45, 2.75) is 52.5 Å². The van der Waals surface area contributed by atoms with Crippen LogP contribution < -0.4 is 5.32 Å². The van der Waals surface area contributed by atoms with E-state index in [-0.39, 0.29) is 0 Å². The van der Waals surface area contributed by atoms with Crippen molar-refractivity contribution >= 4 is 0 Å². The molecule has 0 saturated heterocycles. The second-order valence-electron chi connectivity index (χ2n) is 5.64. The van der Waals surface area contributed by atoms with Crippen LogP contribution in [0.2, 0.25) is 0 Å². The first kappa shape index (κ1) is 12.0. The van der Waals surface area contributed by atoms with Crippen molar-refractivity contribution < 1.29 is 5.11 Å². The molecule has 2 nitrogen and oxygen atoms in total. The molecule has 0 aromatic rings. The average molecular weight is 199 g/mol. The average Bonchev–Trinajstić information content (AvgIpc) is 2.00. The Morgan fingerprint density at radius 3 is 2.64 bits per heavy atom. The fourth-order valence-corrected chi connectivity index (χ4v) is 2.89. The maximum atomic E-state index is 8.71. The zero-order valence-electron chi connectivity index (χ0n) is 9.84. The van der Waals surface area contributed by atoms with E-state index in [1.54, 1.807) is 0 Å². The van der Waals surface area contributed by atoms with Gasteiger partial charge >= 0.3 is 0 Å². The molecule has 1 rings (SSSR count). The van der Waals surface area contributed by atoms with Crippen LogP contribution in [-0.2, 0) is 0 Å². The molecule has 1 fully saturated rings. The van der Waals surface area contributed by atoms with Crippen LogP contribution in [0.3, 0.4) is 0 Å². The van der Waals surface area contributed by atoms with Gasteiger partial charge in [0, 0.05) is 12.6 Å². The molecule has 0 aliphatic heterocycles. The molecule has 0 heterocycles. The summed E-state index contributed by atoms with van der Waals surface area (Å²) in [6.45, 7) is 8.34. The van der Waals surface area contributed by atoms with Crippen molar-refractivity contribution in [2.24, 2.45) is 11.3 Å². The molecule has 1 aliphatic carbocycles. The van der Waals surface area contributed by atoms with Gasteiger partial charge in [0.05, 0.1) is 0 Å². The fraction of sp³-hybridized carbons (Fsp3) is 1.00. The summed E-state index contributed by atoms with van der Waals surface area (Å²) in [6.07, 6.45) is 4.81. The van der Waals surface area contributed by atoms with Crippen molar-refractivity contribution in [1.29, 1.82) is 0 Å². The minimum absolute atomic E-state index is 0.304. The minimum Gasteiger partial charge on any atom is -0.396 e. The van der Waals surface area contributed by atoms with Gasteiger partial charge in [0.25, 0.3) is 0 Å². The quantitative estimate of drug-likeness (QED) is 0.680. The molecule has 0 spiro atoms. The first-order chi connectivity index (χ1) is 6.53. The maximum Gasteiger partial charge on any atom is 0.0443 e. The summed E-state index contributed by atoms with van der Waals surface area (Å²) in [6, 6.07) is 0.667. The Hall–Kier alpha value is -0.0800. The van der Waals surface area contributed by atoms with E-state index in [9.17, 15) is 0 Å². The number of rotatable bonds is 4. The molecule has 2 N–H and O–H groups in total. The first-order valence-corrected chi connectivity index (χ1v) is 5.88. The monoisotopic (exact) mass is 199 g/mol. The predicted octanol–water partition coefficient (Wildman–Crippen LogP) is 2.17. The Morgan fingerprint density at radius 2 is 2.07 bits per heavy atom. The lowest BCUT2D eigenvalue weighted by molar-refractivity contribution is 0.150. The predicted molar refractivity (Wildman–Crippen MR) is 60.3 cm³/mol. The molecule has 1 saturated carbocycles.